The third-order valence-electron chi connectivity index (χ3n) is 4.73. The Morgan fingerprint density at radius 3 is 2.67 bits per heavy atom. The number of aryl methyl sites for hydroxylation is 1. The van der Waals surface area contributed by atoms with E-state index < -0.39 is 5.97 Å². The number of rotatable bonds is 6. The van der Waals surface area contributed by atoms with Crippen LogP contribution in [0, 0.1) is 0 Å². The molecule has 0 unspecified atom stereocenters. The van der Waals surface area contributed by atoms with Crippen LogP contribution in [0.4, 0.5) is 10.1 Å². The highest BCUT2D eigenvalue weighted by molar-refractivity contribution is 6.33. The standard InChI is InChI=1S/C22H27ClFNO2/c1-5-18(20(24)9-8-15(4)11-21(26)27)17-12-16-7-6-10-25(14(2)3)22(16)19(23)13-17/h8-9,11-14H,5-7,10H2,1-4H3,(H,26,27)/b9-8+,15-11+,20-18+. The second-order valence-corrected chi connectivity index (χ2v) is 7.50. The summed E-state index contributed by atoms with van der Waals surface area (Å²) in [5.74, 6) is -1.42. The summed E-state index contributed by atoms with van der Waals surface area (Å²) < 4.78 is 14.8. The number of halogens is 2. The van der Waals surface area contributed by atoms with Crippen molar-refractivity contribution >= 4 is 28.8 Å². The van der Waals surface area contributed by atoms with Crippen LogP contribution >= 0.6 is 11.6 Å². The lowest BCUT2D eigenvalue weighted by atomic mass is 9.94. The quantitative estimate of drug-likeness (QED) is 0.465. The van der Waals surface area contributed by atoms with Crippen LogP contribution in [0.25, 0.3) is 5.57 Å². The highest BCUT2D eigenvalue weighted by Crippen LogP contribution is 2.39. The fourth-order valence-electron chi connectivity index (χ4n) is 3.47. The summed E-state index contributed by atoms with van der Waals surface area (Å²) in [6, 6.07) is 4.24. The van der Waals surface area contributed by atoms with Gasteiger partial charge in [0.25, 0.3) is 0 Å². The first-order chi connectivity index (χ1) is 12.7. The first kappa shape index (κ1) is 21.2. The van der Waals surface area contributed by atoms with Crippen molar-refractivity contribution in [3.05, 3.63) is 57.9 Å². The molecule has 0 radical (unpaired) electrons. The number of carboxylic acids is 1. The molecule has 1 aliphatic heterocycles. The molecule has 0 atom stereocenters. The molecule has 2 rings (SSSR count). The smallest absolute Gasteiger partial charge is 0.328 e. The topological polar surface area (TPSA) is 40.5 Å². The lowest BCUT2D eigenvalue weighted by molar-refractivity contribution is -0.131. The lowest BCUT2D eigenvalue weighted by Crippen LogP contribution is -2.35. The van der Waals surface area contributed by atoms with E-state index in [1.165, 1.54) is 12.2 Å². The van der Waals surface area contributed by atoms with Gasteiger partial charge in [0.1, 0.15) is 5.83 Å². The first-order valence-electron chi connectivity index (χ1n) is 9.32. The fourth-order valence-corrected chi connectivity index (χ4v) is 3.82. The predicted molar refractivity (Wildman–Crippen MR) is 111 cm³/mol. The summed E-state index contributed by atoms with van der Waals surface area (Å²) in [5.41, 5.74) is 4.05. The maximum absolute atomic E-state index is 14.8. The number of allylic oxidation sites excluding steroid dienone is 5. The highest BCUT2D eigenvalue weighted by atomic mass is 35.5. The summed E-state index contributed by atoms with van der Waals surface area (Å²) in [5, 5.41) is 9.40. The molecule has 3 nitrogen and oxygen atoms in total. The number of anilines is 1. The van der Waals surface area contributed by atoms with Gasteiger partial charge in [0, 0.05) is 18.7 Å². The molecule has 0 amide bonds. The van der Waals surface area contributed by atoms with Crippen molar-refractivity contribution in [2.75, 3.05) is 11.4 Å². The van der Waals surface area contributed by atoms with E-state index in [1.807, 2.05) is 19.1 Å². The average Bonchev–Trinajstić information content (AvgIpc) is 2.59. The van der Waals surface area contributed by atoms with E-state index in [-0.39, 0.29) is 5.83 Å². The molecular weight excluding hydrogens is 365 g/mol. The van der Waals surface area contributed by atoms with Crippen molar-refractivity contribution in [2.24, 2.45) is 0 Å². The minimum atomic E-state index is -1.05. The molecule has 0 bridgehead atoms. The second kappa shape index (κ2) is 9.23. The molecule has 0 saturated heterocycles. The predicted octanol–water partition coefficient (Wildman–Crippen LogP) is 6.18. The van der Waals surface area contributed by atoms with Gasteiger partial charge in [-0.3, -0.25) is 0 Å². The zero-order valence-corrected chi connectivity index (χ0v) is 17.1. The molecule has 0 fully saturated rings. The minimum absolute atomic E-state index is 0.359. The lowest BCUT2D eigenvalue weighted by Gasteiger charge is -2.35. The van der Waals surface area contributed by atoms with Crippen molar-refractivity contribution in [2.45, 2.75) is 53.0 Å². The average molecular weight is 392 g/mol. The molecule has 0 aromatic heterocycles. The van der Waals surface area contributed by atoms with E-state index in [9.17, 15) is 9.18 Å². The van der Waals surface area contributed by atoms with Crippen LogP contribution < -0.4 is 4.90 Å². The van der Waals surface area contributed by atoms with Crippen molar-refractivity contribution in [1.29, 1.82) is 0 Å². The SMILES string of the molecule is CC/C(=C(F)/C=C/C(C)=C/C(=O)O)c1cc(Cl)c2c(c1)CCCN2C(C)C. The number of fused-ring (bicyclic) bond motifs is 1. The van der Waals surface area contributed by atoms with E-state index in [1.54, 1.807) is 6.92 Å². The fraction of sp³-hybridized carbons (Fsp3) is 0.409. The van der Waals surface area contributed by atoms with E-state index >= 15 is 0 Å². The van der Waals surface area contributed by atoms with Crippen LogP contribution in [0.1, 0.15) is 51.7 Å². The Balaban J connectivity index is 2.44. The number of aliphatic carboxylic acids is 1. The van der Waals surface area contributed by atoms with Gasteiger partial charge in [0.2, 0.25) is 0 Å². The number of nitrogens with zero attached hydrogens (tertiary/aromatic N) is 1. The third-order valence-corrected chi connectivity index (χ3v) is 5.02. The Morgan fingerprint density at radius 1 is 1.37 bits per heavy atom. The largest absolute Gasteiger partial charge is 0.478 e. The zero-order valence-electron chi connectivity index (χ0n) is 16.4. The molecule has 1 aliphatic rings. The van der Waals surface area contributed by atoms with Crippen molar-refractivity contribution < 1.29 is 14.3 Å². The summed E-state index contributed by atoms with van der Waals surface area (Å²) in [7, 11) is 0. The van der Waals surface area contributed by atoms with Crippen LogP contribution in [-0.4, -0.2) is 23.7 Å². The van der Waals surface area contributed by atoms with Crippen LogP contribution in [-0.2, 0) is 11.2 Å². The number of hydrogen-bond donors (Lipinski definition) is 1. The van der Waals surface area contributed by atoms with E-state index in [0.29, 0.717) is 28.6 Å². The Labute approximate surface area is 165 Å². The van der Waals surface area contributed by atoms with E-state index in [0.717, 1.165) is 42.3 Å². The summed E-state index contributed by atoms with van der Waals surface area (Å²) >= 11 is 6.60. The summed E-state index contributed by atoms with van der Waals surface area (Å²) in [4.78, 5) is 13.0. The summed E-state index contributed by atoms with van der Waals surface area (Å²) in [6.07, 6.45) is 6.34. The normalized spacial score (nSPS) is 16.0. The summed E-state index contributed by atoms with van der Waals surface area (Å²) in [6.45, 7) is 8.80. The second-order valence-electron chi connectivity index (χ2n) is 7.10. The molecule has 146 valence electrons. The molecule has 0 spiro atoms. The Morgan fingerprint density at radius 2 is 2.07 bits per heavy atom. The molecule has 0 aliphatic carbocycles. The van der Waals surface area contributed by atoms with Gasteiger partial charge in [-0.1, -0.05) is 24.6 Å². The molecule has 1 heterocycles. The monoisotopic (exact) mass is 391 g/mol. The number of carbonyl (C=O) groups is 1. The Hall–Kier alpha value is -2.07. The van der Waals surface area contributed by atoms with Gasteiger partial charge in [0.05, 0.1) is 10.7 Å². The molecule has 1 aromatic rings. The van der Waals surface area contributed by atoms with Crippen molar-refractivity contribution in [3.8, 4) is 0 Å². The molecular formula is C22H27ClFNO2. The van der Waals surface area contributed by atoms with E-state index in [2.05, 4.69) is 18.7 Å². The first-order valence-corrected chi connectivity index (χ1v) is 9.69. The Bertz CT molecular complexity index is 809. The number of benzene rings is 1. The Kier molecular flexibility index (Phi) is 7.25. The van der Waals surface area contributed by atoms with Crippen LogP contribution in [0.15, 0.2) is 41.8 Å². The van der Waals surface area contributed by atoms with Crippen LogP contribution in [0.2, 0.25) is 5.02 Å². The number of hydrogen-bond acceptors (Lipinski definition) is 2. The van der Waals surface area contributed by atoms with Gasteiger partial charge in [-0.05, 0) is 80.5 Å². The van der Waals surface area contributed by atoms with Gasteiger partial charge < -0.3 is 10.0 Å². The molecule has 0 saturated carbocycles. The van der Waals surface area contributed by atoms with Gasteiger partial charge in [0.15, 0.2) is 0 Å². The highest BCUT2D eigenvalue weighted by Gasteiger charge is 2.23. The molecule has 1 N–H and O–H groups in total. The maximum atomic E-state index is 14.8. The van der Waals surface area contributed by atoms with Gasteiger partial charge in [-0.2, -0.15) is 0 Å². The van der Waals surface area contributed by atoms with Gasteiger partial charge in [-0.15, -0.1) is 0 Å². The minimum Gasteiger partial charge on any atom is -0.478 e. The third kappa shape index (κ3) is 5.23. The molecule has 1 aromatic carbocycles. The van der Waals surface area contributed by atoms with Crippen LogP contribution in [0.5, 0.6) is 0 Å². The van der Waals surface area contributed by atoms with Crippen molar-refractivity contribution in [3.63, 3.8) is 0 Å². The van der Waals surface area contributed by atoms with Crippen LogP contribution in [0.3, 0.4) is 0 Å². The van der Waals surface area contributed by atoms with Gasteiger partial charge >= 0.3 is 5.97 Å². The molecule has 27 heavy (non-hydrogen) atoms. The van der Waals surface area contributed by atoms with E-state index in [4.69, 9.17) is 16.7 Å². The zero-order chi connectivity index (χ0) is 20.1. The maximum Gasteiger partial charge on any atom is 0.328 e. The number of carboxylic acid groups (broad SMARTS) is 1. The molecule has 5 heteroatoms. The van der Waals surface area contributed by atoms with Crippen molar-refractivity contribution in [1.82, 2.24) is 0 Å². The van der Waals surface area contributed by atoms with Gasteiger partial charge in [-0.25, -0.2) is 9.18 Å².